The second-order valence-electron chi connectivity index (χ2n) is 3.17. The van der Waals surface area contributed by atoms with Gasteiger partial charge in [0.2, 0.25) is 0 Å². The smallest absolute Gasteiger partial charge is 0.0923 e. The minimum atomic E-state index is 0.495. The lowest BCUT2D eigenvalue weighted by atomic mass is 10.2. The molecule has 0 fully saturated rings. The third-order valence-electron chi connectivity index (χ3n) is 1.62. The van der Waals surface area contributed by atoms with Crippen molar-refractivity contribution in [1.29, 1.82) is 5.26 Å². The van der Waals surface area contributed by atoms with Crippen molar-refractivity contribution in [3.05, 3.63) is 42.0 Å². The van der Waals surface area contributed by atoms with Crippen molar-refractivity contribution < 1.29 is 0 Å². The van der Waals surface area contributed by atoms with E-state index in [-0.39, 0.29) is 0 Å². The summed E-state index contributed by atoms with van der Waals surface area (Å²) in [6.07, 6.45) is 1.61. The maximum absolute atomic E-state index is 8.67. The first kappa shape index (κ1) is 10.9. The Morgan fingerprint density at radius 1 is 1.36 bits per heavy atom. The van der Waals surface area contributed by atoms with Crippen LogP contribution in [0, 0.1) is 11.3 Å². The average molecular weight is 203 g/mol. The van der Waals surface area contributed by atoms with Crippen molar-refractivity contribution in [2.24, 2.45) is 0 Å². The number of hydrogen-bond donors (Lipinski definition) is 0. The number of thioether (sulfide) groups is 1. The Kier molecular flexibility index (Phi) is 4.28. The van der Waals surface area contributed by atoms with Crippen LogP contribution in [-0.2, 0) is 0 Å². The van der Waals surface area contributed by atoms with Crippen LogP contribution in [0.15, 0.2) is 36.4 Å². The molecule has 0 amide bonds. The van der Waals surface area contributed by atoms with Gasteiger partial charge in [0.15, 0.2) is 0 Å². The molecule has 72 valence electrons. The lowest BCUT2D eigenvalue weighted by Crippen LogP contribution is -1.88. The molecule has 0 bridgehead atoms. The summed E-state index contributed by atoms with van der Waals surface area (Å²) in [6.45, 7) is 4.25. The molecule has 14 heavy (non-hydrogen) atoms. The summed E-state index contributed by atoms with van der Waals surface area (Å²) in [7, 11) is 0. The Hall–Kier alpha value is -1.20. The summed E-state index contributed by atoms with van der Waals surface area (Å²) in [6, 6.07) is 12.1. The number of nitrogens with zero attached hydrogens (tertiary/aromatic N) is 1. The molecule has 0 N–H and O–H groups in total. The molecule has 0 atom stereocenters. The first-order valence-corrected chi connectivity index (χ1v) is 5.44. The molecule has 1 nitrogen and oxygen atoms in total. The lowest BCUT2D eigenvalue weighted by Gasteiger charge is -2.08. The van der Waals surface area contributed by atoms with Crippen LogP contribution >= 0.6 is 11.8 Å². The van der Waals surface area contributed by atoms with E-state index in [1.54, 1.807) is 17.8 Å². The number of allylic oxidation sites excluding steroid dienone is 1. The van der Waals surface area contributed by atoms with Crippen LogP contribution < -0.4 is 0 Å². The monoisotopic (exact) mass is 203 g/mol. The van der Waals surface area contributed by atoms with E-state index in [1.807, 2.05) is 30.3 Å². The van der Waals surface area contributed by atoms with Crippen LogP contribution in [0.1, 0.15) is 19.4 Å². The van der Waals surface area contributed by atoms with E-state index in [4.69, 9.17) is 5.26 Å². The molecule has 0 aromatic heterocycles. The molecular formula is C12H13NS. The Bertz CT molecular complexity index is 346. The Balaban J connectivity index is 2.91. The second-order valence-corrected chi connectivity index (χ2v) is 4.79. The maximum atomic E-state index is 8.67. The Labute approximate surface area is 89.4 Å². The molecule has 0 saturated carbocycles. The van der Waals surface area contributed by atoms with Crippen molar-refractivity contribution >= 4 is 16.7 Å². The van der Waals surface area contributed by atoms with Crippen LogP contribution in [0.2, 0.25) is 0 Å². The standard InChI is InChI=1S/C12H13NS/c1-10(2)14-12(8-9-13)11-6-4-3-5-7-11/h3-8,10H,1-2H3. The predicted molar refractivity (Wildman–Crippen MR) is 62.8 cm³/mol. The van der Waals surface area contributed by atoms with Gasteiger partial charge in [-0.3, -0.25) is 0 Å². The Morgan fingerprint density at radius 2 is 2.00 bits per heavy atom. The molecule has 0 spiro atoms. The SMILES string of the molecule is CC(C)SC(=CC#N)c1ccccc1. The van der Waals surface area contributed by atoms with Gasteiger partial charge < -0.3 is 0 Å². The van der Waals surface area contributed by atoms with Crippen LogP contribution in [0.3, 0.4) is 0 Å². The molecule has 1 aromatic carbocycles. The number of benzene rings is 1. The van der Waals surface area contributed by atoms with E-state index in [9.17, 15) is 0 Å². The summed E-state index contributed by atoms with van der Waals surface area (Å²) in [4.78, 5) is 1.04. The van der Waals surface area contributed by atoms with Crippen molar-refractivity contribution in [3.8, 4) is 6.07 Å². The van der Waals surface area contributed by atoms with Gasteiger partial charge >= 0.3 is 0 Å². The first-order chi connectivity index (χ1) is 6.74. The highest BCUT2D eigenvalue weighted by molar-refractivity contribution is 8.08. The minimum absolute atomic E-state index is 0.495. The molecule has 0 aliphatic heterocycles. The van der Waals surface area contributed by atoms with E-state index in [0.717, 1.165) is 10.5 Å². The van der Waals surface area contributed by atoms with Gasteiger partial charge in [-0.2, -0.15) is 5.26 Å². The fourth-order valence-electron chi connectivity index (χ4n) is 1.10. The van der Waals surface area contributed by atoms with Gasteiger partial charge in [-0.25, -0.2) is 0 Å². The van der Waals surface area contributed by atoms with E-state index in [1.165, 1.54) is 0 Å². The predicted octanol–water partition coefficient (Wildman–Crippen LogP) is 3.69. The lowest BCUT2D eigenvalue weighted by molar-refractivity contribution is 1.12. The van der Waals surface area contributed by atoms with Crippen LogP contribution in [0.5, 0.6) is 0 Å². The van der Waals surface area contributed by atoms with E-state index < -0.39 is 0 Å². The zero-order chi connectivity index (χ0) is 10.4. The summed E-state index contributed by atoms with van der Waals surface area (Å²) < 4.78 is 0. The second kappa shape index (κ2) is 5.51. The molecule has 0 unspecified atom stereocenters. The van der Waals surface area contributed by atoms with Crippen molar-refractivity contribution in [3.63, 3.8) is 0 Å². The quantitative estimate of drug-likeness (QED) is 0.699. The van der Waals surface area contributed by atoms with Gasteiger partial charge in [0.1, 0.15) is 0 Å². The fraction of sp³-hybridized carbons (Fsp3) is 0.250. The highest BCUT2D eigenvalue weighted by Crippen LogP contribution is 2.30. The average Bonchev–Trinajstić information content (AvgIpc) is 2.18. The van der Waals surface area contributed by atoms with Gasteiger partial charge in [0, 0.05) is 16.2 Å². The molecule has 0 aliphatic carbocycles. The highest BCUT2D eigenvalue weighted by atomic mass is 32.2. The van der Waals surface area contributed by atoms with Gasteiger partial charge in [-0.15, -0.1) is 11.8 Å². The number of hydrogen-bond acceptors (Lipinski definition) is 2. The molecular weight excluding hydrogens is 190 g/mol. The number of rotatable bonds is 3. The minimum Gasteiger partial charge on any atom is -0.193 e. The molecule has 0 radical (unpaired) electrons. The largest absolute Gasteiger partial charge is 0.193 e. The van der Waals surface area contributed by atoms with E-state index in [0.29, 0.717) is 5.25 Å². The van der Waals surface area contributed by atoms with Crippen molar-refractivity contribution in [2.45, 2.75) is 19.1 Å². The van der Waals surface area contributed by atoms with E-state index in [2.05, 4.69) is 19.9 Å². The summed E-state index contributed by atoms with van der Waals surface area (Å²) in [5.41, 5.74) is 1.12. The molecule has 0 heterocycles. The van der Waals surface area contributed by atoms with Crippen LogP contribution in [-0.4, -0.2) is 5.25 Å². The summed E-state index contributed by atoms with van der Waals surface area (Å²) in [5, 5.41) is 9.17. The van der Waals surface area contributed by atoms with Crippen LogP contribution in [0.4, 0.5) is 0 Å². The number of nitriles is 1. The van der Waals surface area contributed by atoms with Gasteiger partial charge in [-0.05, 0) is 5.56 Å². The van der Waals surface area contributed by atoms with Gasteiger partial charge in [0.05, 0.1) is 6.07 Å². The zero-order valence-electron chi connectivity index (χ0n) is 8.40. The molecule has 0 saturated heterocycles. The Morgan fingerprint density at radius 3 is 2.50 bits per heavy atom. The van der Waals surface area contributed by atoms with Crippen molar-refractivity contribution in [2.75, 3.05) is 0 Å². The van der Waals surface area contributed by atoms with Crippen LogP contribution in [0.25, 0.3) is 4.91 Å². The zero-order valence-corrected chi connectivity index (χ0v) is 9.21. The first-order valence-electron chi connectivity index (χ1n) is 4.56. The molecule has 0 aliphatic rings. The molecule has 2 heteroatoms. The maximum Gasteiger partial charge on any atom is 0.0923 e. The highest BCUT2D eigenvalue weighted by Gasteiger charge is 2.03. The topological polar surface area (TPSA) is 23.8 Å². The third kappa shape index (κ3) is 3.27. The normalized spacial score (nSPS) is 11.4. The van der Waals surface area contributed by atoms with Gasteiger partial charge in [-0.1, -0.05) is 44.2 Å². The van der Waals surface area contributed by atoms with E-state index >= 15 is 0 Å². The van der Waals surface area contributed by atoms with Gasteiger partial charge in [0.25, 0.3) is 0 Å². The summed E-state index contributed by atoms with van der Waals surface area (Å²) in [5.74, 6) is 0. The molecule has 1 aromatic rings. The summed E-state index contributed by atoms with van der Waals surface area (Å²) >= 11 is 1.72. The third-order valence-corrected chi connectivity index (χ3v) is 2.70. The van der Waals surface area contributed by atoms with Crippen molar-refractivity contribution in [1.82, 2.24) is 0 Å². The fourth-order valence-corrected chi connectivity index (χ4v) is 2.00. The molecule has 1 rings (SSSR count).